The summed E-state index contributed by atoms with van der Waals surface area (Å²) in [7, 11) is 0. The number of nitrogens with zero attached hydrogens (tertiary/aromatic N) is 5. The van der Waals surface area contributed by atoms with E-state index in [2.05, 4.69) is 137 Å². The highest BCUT2D eigenvalue weighted by Crippen LogP contribution is 2.42. The number of aromatic nitrogens is 5. The number of hydrogen-bond donors (Lipinski definition) is 0. The van der Waals surface area contributed by atoms with Crippen molar-refractivity contribution in [3.8, 4) is 45.5 Å². The van der Waals surface area contributed by atoms with Crippen LogP contribution in [0, 0.1) is 0 Å². The highest BCUT2D eigenvalue weighted by Gasteiger charge is 2.24. The van der Waals surface area contributed by atoms with Crippen molar-refractivity contribution in [3.05, 3.63) is 187 Å². The minimum Gasteiger partial charge on any atom is -0.456 e. The van der Waals surface area contributed by atoms with Crippen LogP contribution < -0.4 is 10.6 Å². The molecule has 0 aliphatic heterocycles. The zero-order valence-electron chi connectivity index (χ0n) is 31.7. The van der Waals surface area contributed by atoms with Crippen LogP contribution in [0.4, 0.5) is 0 Å². The minimum atomic E-state index is 0.530. The molecule has 0 N–H and O–H groups in total. The maximum Gasteiger partial charge on any atom is 0.167 e. The van der Waals surface area contributed by atoms with Crippen LogP contribution >= 0.6 is 0 Å². The van der Waals surface area contributed by atoms with Gasteiger partial charge < -0.3 is 13.6 Å². The van der Waals surface area contributed by atoms with Crippen molar-refractivity contribution in [2.75, 3.05) is 0 Å². The van der Waals surface area contributed by atoms with Gasteiger partial charge in [0, 0.05) is 49.0 Å². The molecule has 7 aromatic carbocycles. The van der Waals surface area contributed by atoms with Gasteiger partial charge in [-0.25, -0.2) is 15.0 Å². The number of benzene rings is 7. The largest absolute Gasteiger partial charge is 0.456 e. The van der Waals surface area contributed by atoms with Crippen molar-refractivity contribution in [3.63, 3.8) is 0 Å². The fourth-order valence-electron chi connectivity index (χ4n) is 8.65. The second kappa shape index (κ2) is 13.4. The Morgan fingerprint density at radius 2 is 1.05 bits per heavy atom. The van der Waals surface area contributed by atoms with Gasteiger partial charge in [-0.3, -0.25) is 0 Å². The number of allylic oxidation sites excluding steroid dienone is 1. The first kappa shape index (κ1) is 33.5. The average Bonchev–Trinajstić information content (AvgIpc) is 3.95. The van der Waals surface area contributed by atoms with E-state index in [9.17, 15) is 0 Å². The highest BCUT2D eigenvalue weighted by molar-refractivity contribution is 6.17. The van der Waals surface area contributed by atoms with Crippen molar-refractivity contribution in [2.24, 2.45) is 0 Å². The van der Waals surface area contributed by atoms with E-state index in [4.69, 9.17) is 19.4 Å². The molecule has 4 heterocycles. The quantitative estimate of drug-likeness (QED) is 0.170. The molecule has 0 saturated carbocycles. The molecule has 0 amide bonds. The van der Waals surface area contributed by atoms with Crippen LogP contribution in [0.3, 0.4) is 0 Å². The molecule has 0 atom stereocenters. The molecule has 274 valence electrons. The number of rotatable bonds is 6. The van der Waals surface area contributed by atoms with Gasteiger partial charge in [0.15, 0.2) is 17.5 Å². The monoisotopic (exact) mass is 745 g/mol. The SMILES string of the molecule is C=C/C=c1\c(=C/C)oc2c(-c3nc(-c4ccccc4)nc(-c4cccc5c6ccccc6n(-c6cccc7c8ccccc8n(-c8ccccc8)c67)c45)n3)cccc12. The Kier molecular flexibility index (Phi) is 7.76. The van der Waals surface area contributed by atoms with Crippen LogP contribution in [-0.2, 0) is 0 Å². The lowest BCUT2D eigenvalue weighted by Crippen LogP contribution is -2.18. The lowest BCUT2D eigenvalue weighted by molar-refractivity contribution is 0.575. The van der Waals surface area contributed by atoms with Crippen LogP contribution in [0.1, 0.15) is 6.92 Å². The zero-order valence-corrected chi connectivity index (χ0v) is 31.7. The summed E-state index contributed by atoms with van der Waals surface area (Å²) in [5.74, 6) is 1.68. The summed E-state index contributed by atoms with van der Waals surface area (Å²) in [4.78, 5) is 15.7. The summed E-state index contributed by atoms with van der Waals surface area (Å²) in [6.07, 6.45) is 5.75. The van der Waals surface area contributed by atoms with Gasteiger partial charge >= 0.3 is 0 Å². The first-order chi connectivity index (χ1) is 28.7. The van der Waals surface area contributed by atoms with Gasteiger partial charge in [0.1, 0.15) is 11.0 Å². The van der Waals surface area contributed by atoms with E-state index in [1.807, 2.05) is 61.5 Å². The van der Waals surface area contributed by atoms with Gasteiger partial charge in [0.2, 0.25) is 0 Å². The van der Waals surface area contributed by atoms with Crippen molar-refractivity contribution >= 4 is 66.7 Å². The number of hydrogen-bond acceptors (Lipinski definition) is 4. The number of furan rings is 1. The Morgan fingerprint density at radius 3 is 1.76 bits per heavy atom. The summed E-state index contributed by atoms with van der Waals surface area (Å²) in [6.45, 7) is 5.94. The fraction of sp³-hybridized carbons (Fsp3) is 0.0192. The van der Waals surface area contributed by atoms with E-state index in [0.717, 1.165) is 76.9 Å². The van der Waals surface area contributed by atoms with Crippen LogP contribution in [-0.4, -0.2) is 24.1 Å². The van der Waals surface area contributed by atoms with Crippen LogP contribution in [0.25, 0.3) is 112 Å². The molecule has 0 aliphatic rings. The van der Waals surface area contributed by atoms with Gasteiger partial charge in [-0.1, -0.05) is 140 Å². The molecule has 0 unspecified atom stereocenters. The molecule has 0 saturated heterocycles. The van der Waals surface area contributed by atoms with E-state index in [-0.39, 0.29) is 0 Å². The Balaban J connectivity index is 1.26. The van der Waals surface area contributed by atoms with E-state index in [0.29, 0.717) is 23.1 Å². The molecule has 0 aliphatic carbocycles. The fourth-order valence-corrected chi connectivity index (χ4v) is 8.65. The van der Waals surface area contributed by atoms with Crippen LogP contribution in [0.15, 0.2) is 181 Å². The predicted octanol–water partition coefficient (Wildman–Crippen LogP) is 11.6. The zero-order chi connectivity index (χ0) is 38.7. The molecular formula is C52H35N5O. The second-order valence-corrected chi connectivity index (χ2v) is 14.3. The number of para-hydroxylation sites is 6. The third kappa shape index (κ3) is 5.09. The third-order valence-electron chi connectivity index (χ3n) is 11.1. The molecule has 0 fully saturated rings. The van der Waals surface area contributed by atoms with Crippen molar-refractivity contribution in [1.29, 1.82) is 0 Å². The van der Waals surface area contributed by atoms with E-state index in [1.54, 1.807) is 6.08 Å². The third-order valence-corrected chi connectivity index (χ3v) is 11.1. The maximum atomic E-state index is 6.54. The summed E-state index contributed by atoms with van der Waals surface area (Å²) in [5.41, 5.74) is 10.6. The molecule has 6 nitrogen and oxygen atoms in total. The molecule has 11 aromatic rings. The lowest BCUT2D eigenvalue weighted by Gasteiger charge is -2.16. The summed E-state index contributed by atoms with van der Waals surface area (Å²) >= 11 is 0. The van der Waals surface area contributed by atoms with Gasteiger partial charge in [-0.2, -0.15) is 0 Å². The normalized spacial score (nSPS) is 12.5. The molecular weight excluding hydrogens is 711 g/mol. The first-order valence-corrected chi connectivity index (χ1v) is 19.4. The van der Waals surface area contributed by atoms with Gasteiger partial charge in [-0.05, 0) is 55.5 Å². The van der Waals surface area contributed by atoms with Crippen molar-refractivity contribution in [2.45, 2.75) is 6.92 Å². The summed E-state index contributed by atoms with van der Waals surface area (Å²) in [6, 6.07) is 57.2. The van der Waals surface area contributed by atoms with Crippen molar-refractivity contribution < 1.29 is 4.42 Å². The van der Waals surface area contributed by atoms with E-state index in [1.165, 1.54) is 10.8 Å². The van der Waals surface area contributed by atoms with Gasteiger partial charge in [0.25, 0.3) is 0 Å². The van der Waals surface area contributed by atoms with E-state index < -0.39 is 0 Å². The van der Waals surface area contributed by atoms with E-state index >= 15 is 0 Å². The smallest absolute Gasteiger partial charge is 0.167 e. The summed E-state index contributed by atoms with van der Waals surface area (Å²) < 4.78 is 11.3. The van der Waals surface area contributed by atoms with Gasteiger partial charge in [-0.15, -0.1) is 0 Å². The molecule has 6 heteroatoms. The molecule has 58 heavy (non-hydrogen) atoms. The standard InChI is InChI=1S/C52H35N5O/c1-3-18-37-40-27-16-29-42(49(40)58-46(37)4-2)52-54-50(33-19-7-5-8-20-33)53-51(55-52)41-28-15-25-38-35-23-12-14-31-44(35)57(47(38)41)45-32-17-26-39-36-24-11-13-30-43(36)56(48(39)45)34-21-9-6-10-22-34/h3-32H,1H2,2H3/b37-18-,46-4+. The molecule has 4 aromatic heterocycles. The molecule has 0 bridgehead atoms. The summed E-state index contributed by atoms with van der Waals surface area (Å²) in [5, 5.41) is 6.57. The Hall–Kier alpha value is -7.83. The Labute approximate surface area is 333 Å². The van der Waals surface area contributed by atoms with Crippen LogP contribution in [0.2, 0.25) is 0 Å². The molecule has 0 radical (unpaired) electrons. The average molecular weight is 746 g/mol. The molecule has 0 spiro atoms. The van der Waals surface area contributed by atoms with Crippen LogP contribution in [0.5, 0.6) is 0 Å². The molecule has 11 rings (SSSR count). The first-order valence-electron chi connectivity index (χ1n) is 19.4. The predicted molar refractivity (Wildman–Crippen MR) is 239 cm³/mol. The highest BCUT2D eigenvalue weighted by atomic mass is 16.3. The topological polar surface area (TPSA) is 61.7 Å². The Morgan fingerprint density at radius 1 is 0.500 bits per heavy atom. The second-order valence-electron chi connectivity index (χ2n) is 14.3. The lowest BCUT2D eigenvalue weighted by atomic mass is 10.1. The minimum absolute atomic E-state index is 0.530. The maximum absolute atomic E-state index is 6.54. The van der Waals surface area contributed by atoms with Gasteiger partial charge in [0.05, 0.1) is 33.3 Å². The van der Waals surface area contributed by atoms with Crippen molar-refractivity contribution in [1.82, 2.24) is 24.1 Å². The number of fused-ring (bicyclic) bond motifs is 7. The Bertz CT molecular complexity index is 3540.